The van der Waals surface area contributed by atoms with Crippen LogP contribution in [0.15, 0.2) is 71.5 Å². The van der Waals surface area contributed by atoms with Gasteiger partial charge in [-0.3, -0.25) is 9.69 Å². The van der Waals surface area contributed by atoms with E-state index >= 15 is 0 Å². The fourth-order valence-electron chi connectivity index (χ4n) is 2.42. The molecule has 1 amide bonds. The third-order valence-corrected chi connectivity index (χ3v) is 3.62. The average molecular weight is 336 g/mol. The SMILES string of the molecule is CCCOc1cccc(C(=O)N(Cc2ccco2)c2ccccn2)c1. The molecule has 0 atom stereocenters. The number of rotatable bonds is 7. The van der Waals surface area contributed by atoms with Gasteiger partial charge in [-0.05, 0) is 48.9 Å². The second-order valence-electron chi connectivity index (χ2n) is 5.53. The van der Waals surface area contributed by atoms with E-state index in [0.717, 1.165) is 6.42 Å². The lowest BCUT2D eigenvalue weighted by molar-refractivity contribution is 0.0982. The summed E-state index contributed by atoms with van der Waals surface area (Å²) in [6, 6.07) is 16.3. The smallest absolute Gasteiger partial charge is 0.259 e. The Hall–Kier alpha value is -3.08. The molecule has 3 aromatic rings. The van der Waals surface area contributed by atoms with Crippen molar-refractivity contribution in [2.45, 2.75) is 19.9 Å². The fraction of sp³-hybridized carbons (Fsp3) is 0.200. The van der Waals surface area contributed by atoms with E-state index in [9.17, 15) is 4.79 Å². The third kappa shape index (κ3) is 4.26. The van der Waals surface area contributed by atoms with Crippen molar-refractivity contribution in [3.05, 3.63) is 78.4 Å². The Kier molecular flexibility index (Phi) is 5.46. The normalized spacial score (nSPS) is 10.4. The topological polar surface area (TPSA) is 55.6 Å². The predicted molar refractivity (Wildman–Crippen MR) is 95.7 cm³/mol. The number of pyridine rings is 1. The average Bonchev–Trinajstić information content (AvgIpc) is 3.18. The fourth-order valence-corrected chi connectivity index (χ4v) is 2.42. The molecule has 5 nitrogen and oxygen atoms in total. The van der Waals surface area contributed by atoms with E-state index in [-0.39, 0.29) is 5.91 Å². The summed E-state index contributed by atoms with van der Waals surface area (Å²) in [4.78, 5) is 19.0. The highest BCUT2D eigenvalue weighted by atomic mass is 16.5. The molecule has 128 valence electrons. The summed E-state index contributed by atoms with van der Waals surface area (Å²) in [6.45, 7) is 2.97. The van der Waals surface area contributed by atoms with Crippen molar-refractivity contribution in [2.24, 2.45) is 0 Å². The van der Waals surface area contributed by atoms with E-state index in [1.165, 1.54) is 0 Å². The van der Waals surface area contributed by atoms with Crippen LogP contribution in [0.2, 0.25) is 0 Å². The Morgan fingerprint density at radius 3 is 2.80 bits per heavy atom. The Labute approximate surface area is 146 Å². The maximum Gasteiger partial charge on any atom is 0.259 e. The lowest BCUT2D eigenvalue weighted by Crippen LogP contribution is -2.31. The zero-order valence-electron chi connectivity index (χ0n) is 14.1. The maximum absolute atomic E-state index is 13.1. The van der Waals surface area contributed by atoms with Gasteiger partial charge in [-0.1, -0.05) is 19.1 Å². The van der Waals surface area contributed by atoms with Crippen molar-refractivity contribution in [3.63, 3.8) is 0 Å². The molecule has 0 unspecified atom stereocenters. The first-order valence-corrected chi connectivity index (χ1v) is 8.26. The van der Waals surface area contributed by atoms with Crippen molar-refractivity contribution in [3.8, 4) is 5.75 Å². The van der Waals surface area contributed by atoms with Gasteiger partial charge in [0, 0.05) is 11.8 Å². The number of anilines is 1. The summed E-state index contributed by atoms with van der Waals surface area (Å²) in [6.07, 6.45) is 4.17. The van der Waals surface area contributed by atoms with Gasteiger partial charge in [0.05, 0.1) is 19.4 Å². The summed E-state index contributed by atoms with van der Waals surface area (Å²) < 4.78 is 11.0. The number of amides is 1. The molecule has 0 spiro atoms. The predicted octanol–water partition coefficient (Wildman–Crippen LogP) is 4.31. The quantitative estimate of drug-likeness (QED) is 0.645. The van der Waals surface area contributed by atoms with Crippen molar-refractivity contribution in [1.82, 2.24) is 4.98 Å². The minimum atomic E-state index is -0.156. The molecular weight excluding hydrogens is 316 g/mol. The summed E-state index contributed by atoms with van der Waals surface area (Å²) in [5, 5.41) is 0. The van der Waals surface area contributed by atoms with Gasteiger partial charge in [0.1, 0.15) is 17.3 Å². The van der Waals surface area contributed by atoms with Gasteiger partial charge in [0.15, 0.2) is 0 Å². The Balaban J connectivity index is 1.88. The zero-order chi connectivity index (χ0) is 17.5. The first-order chi connectivity index (χ1) is 12.3. The molecule has 5 heteroatoms. The van der Waals surface area contributed by atoms with Crippen LogP contribution < -0.4 is 9.64 Å². The highest BCUT2D eigenvalue weighted by molar-refractivity contribution is 6.05. The summed E-state index contributed by atoms with van der Waals surface area (Å²) in [5.74, 6) is 1.80. The first-order valence-electron chi connectivity index (χ1n) is 8.26. The van der Waals surface area contributed by atoms with Gasteiger partial charge in [-0.2, -0.15) is 0 Å². The molecule has 0 N–H and O–H groups in total. The van der Waals surface area contributed by atoms with Crippen LogP contribution in [0.1, 0.15) is 29.5 Å². The third-order valence-electron chi connectivity index (χ3n) is 3.62. The number of carbonyl (C=O) groups is 1. The molecule has 2 aromatic heterocycles. The summed E-state index contributed by atoms with van der Waals surface area (Å²) in [5.41, 5.74) is 0.547. The molecule has 25 heavy (non-hydrogen) atoms. The van der Waals surface area contributed by atoms with Crippen molar-refractivity contribution in [2.75, 3.05) is 11.5 Å². The Morgan fingerprint density at radius 2 is 2.08 bits per heavy atom. The number of hydrogen-bond acceptors (Lipinski definition) is 4. The van der Waals surface area contributed by atoms with Crippen LogP contribution in [0.25, 0.3) is 0 Å². The number of aromatic nitrogens is 1. The van der Waals surface area contributed by atoms with E-state index in [1.807, 2.05) is 37.3 Å². The number of nitrogens with zero attached hydrogens (tertiary/aromatic N) is 2. The van der Waals surface area contributed by atoms with Gasteiger partial charge in [-0.15, -0.1) is 0 Å². The molecule has 0 aliphatic heterocycles. The van der Waals surface area contributed by atoms with Gasteiger partial charge in [0.2, 0.25) is 0 Å². The number of hydrogen-bond donors (Lipinski definition) is 0. The van der Waals surface area contributed by atoms with Crippen LogP contribution in [0.5, 0.6) is 5.75 Å². The number of carbonyl (C=O) groups excluding carboxylic acids is 1. The molecule has 0 aliphatic rings. The van der Waals surface area contributed by atoms with Crippen molar-refractivity contribution < 1.29 is 13.9 Å². The van der Waals surface area contributed by atoms with Crippen LogP contribution in [0.3, 0.4) is 0 Å². The van der Waals surface area contributed by atoms with Crippen LogP contribution in [0, 0.1) is 0 Å². The number of benzene rings is 1. The Bertz CT molecular complexity index is 801. The highest BCUT2D eigenvalue weighted by Crippen LogP contribution is 2.20. The highest BCUT2D eigenvalue weighted by Gasteiger charge is 2.20. The van der Waals surface area contributed by atoms with Crippen LogP contribution in [-0.4, -0.2) is 17.5 Å². The van der Waals surface area contributed by atoms with Crippen LogP contribution >= 0.6 is 0 Å². The van der Waals surface area contributed by atoms with Gasteiger partial charge in [0.25, 0.3) is 5.91 Å². The molecule has 0 aliphatic carbocycles. The molecule has 0 saturated carbocycles. The van der Waals surface area contributed by atoms with E-state index in [1.54, 1.807) is 41.6 Å². The standard InChI is InChI=1S/C20H20N2O3/c1-2-12-24-17-8-5-7-16(14-17)20(23)22(15-18-9-6-13-25-18)19-10-3-4-11-21-19/h3-11,13-14H,2,12,15H2,1H3. The molecule has 0 saturated heterocycles. The van der Waals surface area contributed by atoms with Crippen LogP contribution in [0.4, 0.5) is 5.82 Å². The molecule has 3 rings (SSSR count). The lowest BCUT2D eigenvalue weighted by atomic mass is 10.1. The second kappa shape index (κ2) is 8.15. The van der Waals surface area contributed by atoms with Crippen molar-refractivity contribution in [1.29, 1.82) is 0 Å². The largest absolute Gasteiger partial charge is 0.494 e. The van der Waals surface area contributed by atoms with E-state index < -0.39 is 0 Å². The van der Waals surface area contributed by atoms with Gasteiger partial charge < -0.3 is 9.15 Å². The van der Waals surface area contributed by atoms with E-state index in [0.29, 0.717) is 36.0 Å². The minimum Gasteiger partial charge on any atom is -0.494 e. The Morgan fingerprint density at radius 1 is 1.16 bits per heavy atom. The lowest BCUT2D eigenvalue weighted by Gasteiger charge is -2.21. The maximum atomic E-state index is 13.1. The number of ether oxygens (including phenoxy) is 1. The second-order valence-corrected chi connectivity index (χ2v) is 5.53. The number of furan rings is 1. The molecular formula is C20H20N2O3. The zero-order valence-corrected chi connectivity index (χ0v) is 14.1. The van der Waals surface area contributed by atoms with Crippen LogP contribution in [-0.2, 0) is 6.54 Å². The van der Waals surface area contributed by atoms with Gasteiger partial charge in [-0.25, -0.2) is 4.98 Å². The van der Waals surface area contributed by atoms with E-state index in [2.05, 4.69) is 4.98 Å². The molecule has 2 heterocycles. The van der Waals surface area contributed by atoms with E-state index in [4.69, 9.17) is 9.15 Å². The monoisotopic (exact) mass is 336 g/mol. The molecule has 0 fully saturated rings. The van der Waals surface area contributed by atoms with Gasteiger partial charge >= 0.3 is 0 Å². The minimum absolute atomic E-state index is 0.156. The molecule has 0 radical (unpaired) electrons. The van der Waals surface area contributed by atoms with Crippen molar-refractivity contribution >= 4 is 11.7 Å². The molecule has 1 aromatic carbocycles. The summed E-state index contributed by atoms with van der Waals surface area (Å²) in [7, 11) is 0. The molecule has 0 bridgehead atoms. The summed E-state index contributed by atoms with van der Waals surface area (Å²) >= 11 is 0. The first kappa shape index (κ1) is 16.8.